The minimum absolute atomic E-state index is 0.206. The number of ether oxygens (including phenoxy) is 3. The van der Waals surface area contributed by atoms with E-state index in [4.69, 9.17) is 18.6 Å². The summed E-state index contributed by atoms with van der Waals surface area (Å²) in [7, 11) is 1.39. The summed E-state index contributed by atoms with van der Waals surface area (Å²) in [4.78, 5) is 18.9. The van der Waals surface area contributed by atoms with E-state index in [9.17, 15) is 9.18 Å². The van der Waals surface area contributed by atoms with Crippen LogP contribution in [0.4, 0.5) is 10.4 Å². The monoisotopic (exact) mass is 587 g/mol. The summed E-state index contributed by atoms with van der Waals surface area (Å²) in [6, 6.07) is 17.5. The summed E-state index contributed by atoms with van der Waals surface area (Å²) in [5.41, 5.74) is 5.12. The number of carbonyl (C=O) groups excluding carboxylic acids is 1. The molecule has 6 rings (SSSR count). The first-order valence-electron chi connectivity index (χ1n) is 15.1. The van der Waals surface area contributed by atoms with Gasteiger partial charge in [-0.15, -0.1) is 0 Å². The first-order valence-corrected chi connectivity index (χ1v) is 15.1. The van der Waals surface area contributed by atoms with Gasteiger partial charge in [-0.05, 0) is 98.7 Å². The predicted octanol–water partition coefficient (Wildman–Crippen LogP) is 6.61. The van der Waals surface area contributed by atoms with Crippen LogP contribution in [0.25, 0.3) is 22.2 Å². The fourth-order valence-electron chi connectivity index (χ4n) is 6.70. The van der Waals surface area contributed by atoms with E-state index >= 15 is 0 Å². The molecule has 2 fully saturated rings. The van der Waals surface area contributed by atoms with Crippen LogP contribution in [0.15, 0.2) is 59.0 Å². The lowest BCUT2D eigenvalue weighted by Crippen LogP contribution is -2.32. The molecule has 1 aromatic heterocycles. The van der Waals surface area contributed by atoms with Crippen molar-refractivity contribution in [3.05, 3.63) is 71.5 Å². The van der Waals surface area contributed by atoms with Gasteiger partial charge < -0.3 is 23.9 Å². The second-order valence-electron chi connectivity index (χ2n) is 11.2. The molecule has 3 aromatic carbocycles. The van der Waals surface area contributed by atoms with E-state index < -0.39 is 0 Å². The minimum atomic E-state index is -0.281. The van der Waals surface area contributed by atoms with E-state index in [1.165, 1.54) is 19.2 Å². The fraction of sp³-hybridized carbons (Fsp3) is 0.412. The Labute approximate surface area is 251 Å². The third kappa shape index (κ3) is 6.18. The van der Waals surface area contributed by atoms with Crippen LogP contribution < -0.4 is 14.8 Å². The number of esters is 1. The lowest BCUT2D eigenvalue weighted by atomic mass is 9.99. The Kier molecular flexibility index (Phi) is 8.51. The maximum Gasteiger partial charge on any atom is 0.309 e. The van der Waals surface area contributed by atoms with Crippen molar-refractivity contribution in [1.82, 2.24) is 9.88 Å². The molecule has 1 aliphatic heterocycles. The molecule has 3 atom stereocenters. The van der Waals surface area contributed by atoms with Gasteiger partial charge in [-0.25, -0.2) is 4.39 Å². The maximum atomic E-state index is 13.7. The minimum Gasteiger partial charge on any atom is -0.493 e. The summed E-state index contributed by atoms with van der Waals surface area (Å²) in [5, 5.41) is 3.58. The Balaban J connectivity index is 1.17. The Morgan fingerprint density at radius 3 is 2.44 bits per heavy atom. The number of halogens is 1. The Hall–Kier alpha value is -4.11. The molecule has 1 unspecified atom stereocenters. The van der Waals surface area contributed by atoms with Crippen LogP contribution in [-0.4, -0.2) is 54.8 Å². The molecule has 8 nitrogen and oxygen atoms in total. The van der Waals surface area contributed by atoms with Gasteiger partial charge >= 0.3 is 5.97 Å². The topological polar surface area (TPSA) is 86.1 Å². The van der Waals surface area contributed by atoms with Gasteiger partial charge in [0.15, 0.2) is 5.58 Å². The zero-order valence-electron chi connectivity index (χ0n) is 24.9. The number of carbonyl (C=O) groups is 1. The van der Waals surface area contributed by atoms with Gasteiger partial charge in [-0.3, -0.25) is 9.69 Å². The number of oxazole rings is 1. The van der Waals surface area contributed by atoms with Gasteiger partial charge in [-0.2, -0.15) is 4.98 Å². The van der Waals surface area contributed by atoms with Gasteiger partial charge in [0, 0.05) is 18.6 Å². The predicted molar refractivity (Wildman–Crippen MR) is 163 cm³/mol. The molecule has 9 heteroatoms. The zero-order valence-corrected chi connectivity index (χ0v) is 24.9. The van der Waals surface area contributed by atoms with Crippen molar-refractivity contribution in [3.63, 3.8) is 0 Å². The summed E-state index contributed by atoms with van der Waals surface area (Å²) in [6.07, 6.45) is 3.43. The normalized spacial score (nSPS) is 19.9. The zero-order chi connectivity index (χ0) is 29.9. The van der Waals surface area contributed by atoms with Crippen LogP contribution in [0.1, 0.15) is 44.2 Å². The number of rotatable bonds is 11. The van der Waals surface area contributed by atoms with Crippen molar-refractivity contribution in [3.8, 4) is 22.6 Å². The van der Waals surface area contributed by atoms with Crippen LogP contribution in [-0.2, 0) is 22.5 Å². The molecular formula is C34H38FN3O5. The number of hydrogen-bond acceptors (Lipinski definition) is 8. The molecule has 1 N–H and O–H groups in total. The summed E-state index contributed by atoms with van der Waals surface area (Å²) >= 11 is 0. The smallest absolute Gasteiger partial charge is 0.309 e. The highest BCUT2D eigenvalue weighted by Gasteiger charge is 2.44. The average Bonchev–Trinajstić information content (AvgIpc) is 3.70. The van der Waals surface area contributed by atoms with Gasteiger partial charge in [0.05, 0.1) is 32.3 Å². The Morgan fingerprint density at radius 2 is 1.74 bits per heavy atom. The van der Waals surface area contributed by atoms with Crippen molar-refractivity contribution in [2.75, 3.05) is 32.2 Å². The molecule has 0 bridgehead atoms. The van der Waals surface area contributed by atoms with Gasteiger partial charge in [0.2, 0.25) is 0 Å². The molecule has 0 amide bonds. The molecule has 226 valence electrons. The number of methoxy groups -OCH3 is 1. The van der Waals surface area contributed by atoms with Gasteiger partial charge in [0.25, 0.3) is 6.01 Å². The lowest BCUT2D eigenvalue weighted by molar-refractivity contribution is -0.139. The second-order valence-corrected chi connectivity index (χ2v) is 11.2. The van der Waals surface area contributed by atoms with Crippen LogP contribution >= 0.6 is 0 Å². The van der Waals surface area contributed by atoms with Crippen molar-refractivity contribution in [2.45, 2.75) is 58.2 Å². The van der Waals surface area contributed by atoms with E-state index in [2.05, 4.69) is 27.3 Å². The van der Waals surface area contributed by atoms with Crippen LogP contribution in [0, 0.1) is 11.7 Å². The molecular weight excluding hydrogens is 549 g/mol. The van der Waals surface area contributed by atoms with E-state index in [1.54, 1.807) is 12.1 Å². The number of benzene rings is 3. The lowest BCUT2D eigenvalue weighted by Gasteiger charge is -2.25. The quantitative estimate of drug-likeness (QED) is 0.196. The molecule has 43 heavy (non-hydrogen) atoms. The standard InChI is InChI=1S/C34H38FN3O5/c1-4-41-30-17-22(18-31(42-5-2)33(30)23-7-9-24(35)10-8-23)20-38-15-14-25-26(11-12-28(25)38)36-34-37-27-16-21(19-32(39)40-3)6-13-29(27)43-34/h6-10,13,16-18,25-26,28H,4-5,11-12,14-15,19-20H2,1-3H3,(H,36,37)/t25-,26?,28+/m0/s1. The third-order valence-corrected chi connectivity index (χ3v) is 8.58. The van der Waals surface area contributed by atoms with Crippen molar-refractivity contribution in [1.29, 1.82) is 0 Å². The van der Waals surface area contributed by atoms with E-state index in [1.807, 2.05) is 32.0 Å². The van der Waals surface area contributed by atoms with Crippen molar-refractivity contribution in [2.24, 2.45) is 5.92 Å². The van der Waals surface area contributed by atoms with Crippen LogP contribution in [0.2, 0.25) is 0 Å². The number of nitrogens with one attached hydrogen (secondary N) is 1. The molecule has 0 spiro atoms. The van der Waals surface area contributed by atoms with Crippen molar-refractivity contribution < 1.29 is 27.8 Å². The Bertz CT molecular complexity index is 1560. The third-order valence-electron chi connectivity index (χ3n) is 8.58. The first kappa shape index (κ1) is 29.0. The molecule has 4 aromatic rings. The highest BCUT2D eigenvalue weighted by Crippen LogP contribution is 2.43. The molecule has 2 heterocycles. The summed E-state index contributed by atoms with van der Waals surface area (Å²) < 4.78 is 36.7. The average molecular weight is 588 g/mol. The summed E-state index contributed by atoms with van der Waals surface area (Å²) in [6.45, 7) is 6.78. The molecule has 1 saturated heterocycles. The molecule has 1 aliphatic carbocycles. The van der Waals surface area contributed by atoms with Gasteiger partial charge in [-0.1, -0.05) is 18.2 Å². The van der Waals surface area contributed by atoms with E-state index in [0.717, 1.165) is 71.6 Å². The van der Waals surface area contributed by atoms with Crippen molar-refractivity contribution >= 4 is 23.1 Å². The Morgan fingerprint density at radius 1 is 1.00 bits per heavy atom. The first-order chi connectivity index (χ1) is 20.9. The van der Waals surface area contributed by atoms with Crippen LogP contribution in [0.3, 0.4) is 0 Å². The maximum absolute atomic E-state index is 13.7. The summed E-state index contributed by atoms with van der Waals surface area (Å²) in [5.74, 6) is 1.44. The molecule has 1 saturated carbocycles. The number of fused-ring (bicyclic) bond motifs is 2. The van der Waals surface area contributed by atoms with E-state index in [0.29, 0.717) is 36.8 Å². The molecule has 0 radical (unpaired) electrons. The number of likely N-dealkylation sites (tertiary alicyclic amines) is 1. The SMILES string of the molecule is CCOc1cc(CN2CC[C@H]3C(Nc4nc5cc(CC(=O)OC)ccc5o4)CC[C@H]32)cc(OCC)c1-c1ccc(F)cc1. The highest BCUT2D eigenvalue weighted by atomic mass is 19.1. The number of aromatic nitrogens is 1. The molecule has 2 aliphatic rings. The fourth-order valence-corrected chi connectivity index (χ4v) is 6.70. The van der Waals surface area contributed by atoms with Crippen LogP contribution in [0.5, 0.6) is 11.5 Å². The highest BCUT2D eigenvalue weighted by molar-refractivity contribution is 5.79. The van der Waals surface area contributed by atoms with E-state index in [-0.39, 0.29) is 24.2 Å². The number of anilines is 1. The largest absolute Gasteiger partial charge is 0.493 e. The number of hydrogen-bond donors (Lipinski definition) is 1. The second kappa shape index (κ2) is 12.6. The van der Waals surface area contributed by atoms with Gasteiger partial charge in [0.1, 0.15) is 22.8 Å². The number of nitrogens with zero attached hydrogens (tertiary/aromatic N) is 2.